The van der Waals surface area contributed by atoms with Crippen molar-refractivity contribution in [1.82, 2.24) is 9.80 Å². The van der Waals surface area contributed by atoms with E-state index >= 15 is 0 Å². The summed E-state index contributed by atoms with van der Waals surface area (Å²) in [5.74, 6) is -2.22. The number of ether oxygens (including phenoxy) is 1. The van der Waals surface area contributed by atoms with Crippen LogP contribution in [-0.2, 0) is 14.3 Å². The number of hydrogen-bond acceptors (Lipinski definition) is 5. The number of piperidine rings is 1. The van der Waals surface area contributed by atoms with Crippen LogP contribution in [0.5, 0.6) is 0 Å². The van der Waals surface area contributed by atoms with Crippen molar-refractivity contribution in [2.45, 2.75) is 12.8 Å². The van der Waals surface area contributed by atoms with Crippen LogP contribution in [-0.4, -0.2) is 73.5 Å². The van der Waals surface area contributed by atoms with Gasteiger partial charge in [-0.1, -0.05) is 0 Å². The van der Waals surface area contributed by atoms with Crippen molar-refractivity contribution in [3.63, 3.8) is 0 Å². The van der Waals surface area contributed by atoms with Gasteiger partial charge in [0.25, 0.3) is 11.8 Å². The second-order valence-corrected chi connectivity index (χ2v) is 8.55. The van der Waals surface area contributed by atoms with E-state index in [-0.39, 0.29) is 30.8 Å². The molecular formula is C25H27F2N3O4. The summed E-state index contributed by atoms with van der Waals surface area (Å²) in [5, 5.41) is 0. The van der Waals surface area contributed by atoms with Crippen LogP contribution in [0.3, 0.4) is 0 Å². The molecule has 0 saturated carbocycles. The second kappa shape index (κ2) is 10.6. The molecule has 0 spiro atoms. The van der Waals surface area contributed by atoms with Crippen molar-refractivity contribution in [2.75, 3.05) is 50.8 Å². The van der Waals surface area contributed by atoms with Gasteiger partial charge in [0.1, 0.15) is 11.6 Å². The van der Waals surface area contributed by atoms with E-state index in [0.717, 1.165) is 5.69 Å². The van der Waals surface area contributed by atoms with Gasteiger partial charge in [-0.25, -0.2) is 8.78 Å². The third-order valence-electron chi connectivity index (χ3n) is 6.30. The van der Waals surface area contributed by atoms with Gasteiger partial charge in [-0.05, 0) is 61.4 Å². The summed E-state index contributed by atoms with van der Waals surface area (Å²) in [5.41, 5.74) is 1.27. The molecular weight excluding hydrogens is 444 g/mol. The van der Waals surface area contributed by atoms with Crippen molar-refractivity contribution < 1.29 is 27.9 Å². The van der Waals surface area contributed by atoms with Gasteiger partial charge in [0.2, 0.25) is 0 Å². The summed E-state index contributed by atoms with van der Waals surface area (Å²) < 4.78 is 31.5. The first-order valence-corrected chi connectivity index (χ1v) is 11.4. The van der Waals surface area contributed by atoms with Crippen molar-refractivity contribution in [2.24, 2.45) is 5.92 Å². The Labute approximate surface area is 196 Å². The van der Waals surface area contributed by atoms with Crippen LogP contribution in [0.4, 0.5) is 14.5 Å². The standard InChI is InChI=1S/C25H27F2N3O4/c26-20-5-3-18(4-6-20)24(32)30-11-1-2-19(16-30)25(33)34-17-23(31)29-14-12-28(13-15-29)22-9-7-21(27)8-10-22/h3-10,19H,1-2,11-17H2. The minimum Gasteiger partial charge on any atom is -0.455 e. The molecule has 2 fully saturated rings. The zero-order valence-electron chi connectivity index (χ0n) is 18.8. The minimum absolute atomic E-state index is 0.208. The van der Waals surface area contributed by atoms with Gasteiger partial charge in [-0.3, -0.25) is 14.4 Å². The van der Waals surface area contributed by atoms with Gasteiger partial charge < -0.3 is 19.4 Å². The number of carbonyl (C=O) groups excluding carboxylic acids is 3. The number of carbonyl (C=O) groups is 3. The Morgan fingerprint density at radius 1 is 0.824 bits per heavy atom. The van der Waals surface area contributed by atoms with E-state index in [4.69, 9.17) is 4.74 Å². The Morgan fingerprint density at radius 3 is 2.09 bits per heavy atom. The zero-order chi connectivity index (χ0) is 24.1. The van der Waals surface area contributed by atoms with Gasteiger partial charge >= 0.3 is 5.97 Å². The maximum Gasteiger partial charge on any atom is 0.311 e. The number of esters is 1. The lowest BCUT2D eigenvalue weighted by Crippen LogP contribution is -2.50. The smallest absolute Gasteiger partial charge is 0.311 e. The molecule has 1 unspecified atom stereocenters. The normalized spacial score (nSPS) is 18.5. The molecule has 2 heterocycles. The van der Waals surface area contributed by atoms with Crippen LogP contribution in [0.1, 0.15) is 23.2 Å². The van der Waals surface area contributed by atoms with E-state index in [1.807, 2.05) is 0 Å². The van der Waals surface area contributed by atoms with E-state index in [9.17, 15) is 23.2 Å². The Hall–Kier alpha value is -3.49. The molecule has 2 aromatic rings. The molecule has 2 aromatic carbocycles. The number of nitrogens with zero attached hydrogens (tertiary/aromatic N) is 3. The average molecular weight is 472 g/mol. The number of hydrogen-bond donors (Lipinski definition) is 0. The zero-order valence-corrected chi connectivity index (χ0v) is 18.8. The number of likely N-dealkylation sites (tertiary alicyclic amines) is 1. The molecule has 4 rings (SSSR count). The predicted octanol–water partition coefficient (Wildman–Crippen LogP) is 2.71. The minimum atomic E-state index is -0.499. The molecule has 9 heteroatoms. The van der Waals surface area contributed by atoms with Gasteiger partial charge in [0, 0.05) is 50.5 Å². The Kier molecular flexibility index (Phi) is 7.40. The lowest BCUT2D eigenvalue weighted by Gasteiger charge is -2.36. The van der Waals surface area contributed by atoms with E-state index in [1.165, 1.54) is 36.4 Å². The molecule has 0 bridgehead atoms. The van der Waals surface area contributed by atoms with E-state index in [0.29, 0.717) is 51.1 Å². The summed E-state index contributed by atoms with van der Waals surface area (Å²) in [6, 6.07) is 11.5. The molecule has 0 aromatic heterocycles. The second-order valence-electron chi connectivity index (χ2n) is 8.55. The summed E-state index contributed by atoms with van der Waals surface area (Å²) in [6.07, 6.45) is 1.22. The molecule has 7 nitrogen and oxygen atoms in total. The van der Waals surface area contributed by atoms with Crippen molar-refractivity contribution in [3.8, 4) is 0 Å². The monoisotopic (exact) mass is 471 g/mol. The lowest BCUT2D eigenvalue weighted by atomic mass is 9.97. The number of amides is 2. The highest BCUT2D eigenvalue weighted by Crippen LogP contribution is 2.21. The third kappa shape index (κ3) is 5.70. The van der Waals surface area contributed by atoms with E-state index in [2.05, 4.69) is 4.90 Å². The van der Waals surface area contributed by atoms with Crippen LogP contribution < -0.4 is 4.90 Å². The fourth-order valence-corrected chi connectivity index (χ4v) is 4.34. The first-order valence-electron chi connectivity index (χ1n) is 11.4. The van der Waals surface area contributed by atoms with Gasteiger partial charge in [0.15, 0.2) is 6.61 Å². The van der Waals surface area contributed by atoms with Crippen molar-refractivity contribution in [1.29, 1.82) is 0 Å². The van der Waals surface area contributed by atoms with Crippen molar-refractivity contribution >= 4 is 23.5 Å². The Bertz CT molecular complexity index is 1020. The quantitative estimate of drug-likeness (QED) is 0.628. The summed E-state index contributed by atoms with van der Waals surface area (Å²) in [6.45, 7) is 2.56. The van der Waals surface area contributed by atoms with E-state index in [1.54, 1.807) is 21.9 Å². The Morgan fingerprint density at radius 2 is 1.44 bits per heavy atom. The van der Waals surface area contributed by atoms with E-state index < -0.39 is 17.7 Å². The highest BCUT2D eigenvalue weighted by atomic mass is 19.1. The van der Waals surface area contributed by atoms with Crippen LogP contribution in [0, 0.1) is 17.6 Å². The topological polar surface area (TPSA) is 70.2 Å². The first kappa shape index (κ1) is 23.7. The fourth-order valence-electron chi connectivity index (χ4n) is 4.34. The SMILES string of the molecule is O=C(OCC(=O)N1CCN(c2ccc(F)cc2)CC1)C1CCCN(C(=O)c2ccc(F)cc2)C1. The number of halogens is 2. The molecule has 1 atom stereocenters. The maximum atomic E-state index is 13.1. The summed E-state index contributed by atoms with van der Waals surface area (Å²) in [7, 11) is 0. The van der Waals surface area contributed by atoms with Gasteiger partial charge in [-0.2, -0.15) is 0 Å². The molecule has 2 amide bonds. The molecule has 180 valence electrons. The molecule has 0 aliphatic carbocycles. The number of anilines is 1. The predicted molar refractivity (Wildman–Crippen MR) is 121 cm³/mol. The van der Waals surface area contributed by atoms with Crippen LogP contribution in [0.25, 0.3) is 0 Å². The average Bonchev–Trinajstić information content (AvgIpc) is 2.88. The van der Waals surface area contributed by atoms with Crippen LogP contribution >= 0.6 is 0 Å². The molecule has 0 N–H and O–H groups in total. The number of benzene rings is 2. The largest absolute Gasteiger partial charge is 0.455 e. The van der Waals surface area contributed by atoms with Crippen molar-refractivity contribution in [3.05, 3.63) is 65.7 Å². The lowest BCUT2D eigenvalue weighted by molar-refractivity contribution is -0.156. The van der Waals surface area contributed by atoms with Gasteiger partial charge in [0.05, 0.1) is 5.92 Å². The first-order chi connectivity index (χ1) is 16.4. The maximum absolute atomic E-state index is 13.1. The Balaban J connectivity index is 1.23. The molecule has 34 heavy (non-hydrogen) atoms. The highest BCUT2D eigenvalue weighted by molar-refractivity contribution is 5.94. The molecule has 2 aliphatic rings. The molecule has 2 saturated heterocycles. The van der Waals surface area contributed by atoms with Crippen LogP contribution in [0.15, 0.2) is 48.5 Å². The molecule has 0 radical (unpaired) electrons. The summed E-state index contributed by atoms with van der Waals surface area (Å²) >= 11 is 0. The third-order valence-corrected chi connectivity index (χ3v) is 6.30. The van der Waals surface area contributed by atoms with Gasteiger partial charge in [-0.15, -0.1) is 0 Å². The highest BCUT2D eigenvalue weighted by Gasteiger charge is 2.31. The molecule has 2 aliphatic heterocycles. The fraction of sp³-hybridized carbons (Fsp3) is 0.400. The number of piperazine rings is 1. The summed E-state index contributed by atoms with van der Waals surface area (Å²) in [4.78, 5) is 43.1. The van der Waals surface area contributed by atoms with Crippen LogP contribution in [0.2, 0.25) is 0 Å². The number of rotatable bonds is 5.